The number of rotatable bonds is 4. The summed E-state index contributed by atoms with van der Waals surface area (Å²) in [7, 11) is 1.24. The van der Waals surface area contributed by atoms with Gasteiger partial charge in [-0.3, -0.25) is 10.1 Å². The van der Waals surface area contributed by atoms with E-state index in [1.54, 1.807) is 0 Å². The predicted octanol–water partition coefficient (Wildman–Crippen LogP) is 1.44. The third-order valence-corrected chi connectivity index (χ3v) is 3.36. The van der Waals surface area contributed by atoms with Crippen LogP contribution in [0.15, 0.2) is 18.2 Å². The molecule has 1 saturated heterocycles. The van der Waals surface area contributed by atoms with Gasteiger partial charge in [-0.05, 0) is 6.07 Å². The van der Waals surface area contributed by atoms with Gasteiger partial charge >= 0.3 is 17.8 Å². The van der Waals surface area contributed by atoms with Gasteiger partial charge < -0.3 is 19.7 Å². The molecule has 1 N–H and O–H groups in total. The normalized spacial score (nSPS) is 18.2. The first kappa shape index (κ1) is 17.8. The van der Waals surface area contributed by atoms with Crippen LogP contribution in [0, 0.1) is 10.1 Å². The number of halogens is 3. The number of nitrogens with one attached hydrogen (secondary N) is 1. The number of ether oxygens (including phenoxy) is 2. The molecule has 0 aliphatic carbocycles. The van der Waals surface area contributed by atoms with Gasteiger partial charge in [-0.25, -0.2) is 4.79 Å². The van der Waals surface area contributed by atoms with Crippen LogP contribution in [-0.2, 0) is 9.53 Å². The topological polar surface area (TPSA) is 93.9 Å². The fourth-order valence-electron chi connectivity index (χ4n) is 2.27. The predicted molar refractivity (Wildman–Crippen MR) is 75.8 cm³/mol. The van der Waals surface area contributed by atoms with E-state index in [1.807, 2.05) is 0 Å². The van der Waals surface area contributed by atoms with Crippen LogP contribution in [0.2, 0.25) is 0 Å². The minimum Gasteiger partial charge on any atom is -0.490 e. The highest BCUT2D eigenvalue weighted by molar-refractivity contribution is 5.76. The molecule has 24 heavy (non-hydrogen) atoms. The van der Waals surface area contributed by atoms with Crippen molar-refractivity contribution in [2.75, 3.05) is 31.6 Å². The van der Waals surface area contributed by atoms with E-state index >= 15 is 0 Å². The van der Waals surface area contributed by atoms with Gasteiger partial charge in [-0.2, -0.15) is 13.2 Å². The van der Waals surface area contributed by atoms with Crippen LogP contribution in [0.4, 0.5) is 24.5 Å². The van der Waals surface area contributed by atoms with Crippen LogP contribution in [0.3, 0.4) is 0 Å². The molecule has 1 aliphatic heterocycles. The van der Waals surface area contributed by atoms with Crippen LogP contribution in [0.1, 0.15) is 0 Å². The Morgan fingerprint density at radius 3 is 2.75 bits per heavy atom. The van der Waals surface area contributed by atoms with E-state index in [4.69, 9.17) is 4.74 Å². The van der Waals surface area contributed by atoms with E-state index < -0.39 is 23.3 Å². The van der Waals surface area contributed by atoms with Crippen molar-refractivity contribution >= 4 is 17.3 Å². The van der Waals surface area contributed by atoms with Crippen molar-refractivity contribution < 1.29 is 32.4 Å². The first-order valence-corrected chi connectivity index (χ1v) is 6.81. The fraction of sp³-hybridized carbons (Fsp3) is 0.462. The summed E-state index contributed by atoms with van der Waals surface area (Å²) in [6.45, 7) is 0.678. The summed E-state index contributed by atoms with van der Waals surface area (Å²) < 4.78 is 46.6. The van der Waals surface area contributed by atoms with Crippen molar-refractivity contribution in [1.82, 2.24) is 5.32 Å². The van der Waals surface area contributed by atoms with Gasteiger partial charge in [0.15, 0.2) is 12.0 Å². The van der Waals surface area contributed by atoms with Crippen molar-refractivity contribution in [2.45, 2.75) is 12.4 Å². The SMILES string of the molecule is COc1cc(N2CCNCC2OC(=O)C(F)(F)F)ccc1[N+](=O)[O-]. The Hall–Kier alpha value is -2.56. The van der Waals surface area contributed by atoms with Crippen LogP contribution in [0.5, 0.6) is 5.75 Å². The highest BCUT2D eigenvalue weighted by Crippen LogP contribution is 2.32. The molecule has 1 aromatic rings. The highest BCUT2D eigenvalue weighted by Gasteiger charge is 2.43. The number of anilines is 1. The summed E-state index contributed by atoms with van der Waals surface area (Å²) in [6.07, 6.45) is -6.30. The maximum absolute atomic E-state index is 12.4. The molecule has 0 radical (unpaired) electrons. The summed E-state index contributed by atoms with van der Waals surface area (Å²) in [6, 6.07) is 3.86. The van der Waals surface area contributed by atoms with E-state index in [9.17, 15) is 28.1 Å². The number of carbonyl (C=O) groups excluding carboxylic acids is 1. The average Bonchev–Trinajstić information content (AvgIpc) is 2.53. The molecule has 0 amide bonds. The van der Waals surface area contributed by atoms with Crippen LogP contribution in [-0.4, -0.2) is 50.0 Å². The first-order valence-electron chi connectivity index (χ1n) is 6.81. The Bertz CT molecular complexity index is 638. The van der Waals surface area contributed by atoms with Gasteiger partial charge in [0.1, 0.15) is 0 Å². The van der Waals surface area contributed by atoms with Crippen molar-refractivity contribution in [3.05, 3.63) is 28.3 Å². The number of carbonyl (C=O) groups is 1. The Kier molecular flexibility index (Phi) is 5.12. The first-order chi connectivity index (χ1) is 11.2. The Balaban J connectivity index is 2.27. The van der Waals surface area contributed by atoms with E-state index in [2.05, 4.69) is 10.1 Å². The lowest BCUT2D eigenvalue weighted by atomic mass is 10.2. The van der Waals surface area contributed by atoms with E-state index in [1.165, 1.54) is 30.2 Å². The number of nitro benzene ring substituents is 1. The average molecular weight is 349 g/mol. The van der Waals surface area contributed by atoms with Crippen molar-refractivity contribution in [1.29, 1.82) is 0 Å². The molecule has 0 saturated carbocycles. The molecular formula is C13H14F3N3O5. The minimum atomic E-state index is -5.10. The summed E-state index contributed by atoms with van der Waals surface area (Å²) in [4.78, 5) is 22.7. The molecule has 1 heterocycles. The quantitative estimate of drug-likeness (QED) is 0.499. The minimum absolute atomic E-state index is 0.0128. The van der Waals surface area contributed by atoms with E-state index in [0.717, 1.165) is 0 Å². The maximum Gasteiger partial charge on any atom is 0.491 e. The third kappa shape index (κ3) is 3.85. The largest absolute Gasteiger partial charge is 0.491 e. The lowest BCUT2D eigenvalue weighted by Crippen LogP contribution is -2.54. The summed E-state index contributed by atoms with van der Waals surface area (Å²) >= 11 is 0. The molecular weight excluding hydrogens is 335 g/mol. The second kappa shape index (κ2) is 6.91. The number of hydrogen-bond donors (Lipinski definition) is 1. The maximum atomic E-state index is 12.4. The Morgan fingerprint density at radius 1 is 1.46 bits per heavy atom. The number of nitro groups is 1. The molecule has 1 fully saturated rings. The summed E-state index contributed by atoms with van der Waals surface area (Å²) in [5.74, 6) is -2.34. The van der Waals surface area contributed by atoms with Gasteiger partial charge in [0.25, 0.3) is 0 Å². The second-order valence-electron chi connectivity index (χ2n) is 4.87. The zero-order chi connectivity index (χ0) is 17.9. The van der Waals surface area contributed by atoms with Crippen LogP contribution in [0.25, 0.3) is 0 Å². The smallest absolute Gasteiger partial charge is 0.490 e. The Morgan fingerprint density at radius 2 is 2.17 bits per heavy atom. The molecule has 1 atom stereocenters. The number of nitrogens with zero attached hydrogens (tertiary/aromatic N) is 2. The van der Waals surface area contributed by atoms with Gasteiger partial charge in [0.2, 0.25) is 0 Å². The molecule has 8 nitrogen and oxygen atoms in total. The number of methoxy groups -OCH3 is 1. The second-order valence-corrected chi connectivity index (χ2v) is 4.87. The van der Waals surface area contributed by atoms with Crippen molar-refractivity contribution in [2.24, 2.45) is 0 Å². The third-order valence-electron chi connectivity index (χ3n) is 3.36. The zero-order valence-electron chi connectivity index (χ0n) is 12.5. The van der Waals surface area contributed by atoms with Gasteiger partial charge in [-0.1, -0.05) is 0 Å². The van der Waals surface area contributed by atoms with Crippen LogP contribution < -0.4 is 15.0 Å². The van der Waals surface area contributed by atoms with E-state index in [-0.39, 0.29) is 24.5 Å². The molecule has 1 unspecified atom stereocenters. The lowest BCUT2D eigenvalue weighted by Gasteiger charge is -2.37. The summed E-state index contributed by atoms with van der Waals surface area (Å²) in [5, 5.41) is 13.7. The molecule has 11 heteroatoms. The molecule has 0 aromatic heterocycles. The van der Waals surface area contributed by atoms with Crippen molar-refractivity contribution in [3.8, 4) is 5.75 Å². The zero-order valence-corrected chi connectivity index (χ0v) is 12.5. The van der Waals surface area contributed by atoms with Gasteiger partial charge in [0, 0.05) is 30.9 Å². The van der Waals surface area contributed by atoms with Crippen molar-refractivity contribution in [3.63, 3.8) is 0 Å². The number of piperazine rings is 1. The molecule has 1 aromatic carbocycles. The fourth-order valence-corrected chi connectivity index (χ4v) is 2.27. The number of esters is 1. The standard InChI is InChI=1S/C13H14F3N3O5/c1-23-10-6-8(2-3-9(10)19(21)22)18-5-4-17-7-11(18)24-12(20)13(14,15)16/h2-3,6,11,17H,4-5,7H2,1H3. The number of benzene rings is 1. The lowest BCUT2D eigenvalue weighted by molar-refractivity contribution is -0.385. The molecule has 0 spiro atoms. The highest BCUT2D eigenvalue weighted by atomic mass is 19.4. The van der Waals surface area contributed by atoms with E-state index in [0.29, 0.717) is 12.2 Å². The molecule has 132 valence electrons. The number of alkyl halides is 3. The number of hydrogen-bond acceptors (Lipinski definition) is 7. The van der Waals surface area contributed by atoms with Gasteiger partial charge in [0.05, 0.1) is 18.6 Å². The molecule has 2 rings (SSSR count). The van der Waals surface area contributed by atoms with Gasteiger partial charge in [-0.15, -0.1) is 0 Å². The Labute approximate surface area is 134 Å². The molecule has 1 aliphatic rings. The summed E-state index contributed by atoms with van der Waals surface area (Å²) in [5.41, 5.74) is 0.0687. The monoisotopic (exact) mass is 349 g/mol. The van der Waals surface area contributed by atoms with Crippen LogP contribution >= 0.6 is 0 Å². The molecule has 0 bridgehead atoms.